The summed E-state index contributed by atoms with van der Waals surface area (Å²) in [5, 5.41) is 6.31. The Bertz CT molecular complexity index is 922. The normalized spacial score (nSPS) is 14.0. The van der Waals surface area contributed by atoms with Crippen LogP contribution in [0.5, 0.6) is 0 Å². The Balaban J connectivity index is 1.63. The highest BCUT2D eigenvalue weighted by molar-refractivity contribution is 5.67. The van der Waals surface area contributed by atoms with Crippen molar-refractivity contribution in [3.05, 3.63) is 60.4 Å². The second-order valence-electron chi connectivity index (χ2n) is 6.32. The molecule has 1 aliphatic rings. The van der Waals surface area contributed by atoms with Gasteiger partial charge in [0.25, 0.3) is 0 Å². The molecule has 3 aromatic rings. The molecular formula is C19H16F3N5. The Morgan fingerprint density at radius 3 is 2.26 bits per heavy atom. The number of benzene rings is 1. The fraction of sp³-hybridized carbons (Fsp3) is 0.211. The summed E-state index contributed by atoms with van der Waals surface area (Å²) in [6, 6.07) is 10.6. The minimum absolute atomic E-state index is 0.372. The third kappa shape index (κ3) is 4.33. The number of aromatic nitrogens is 3. The van der Waals surface area contributed by atoms with Crippen LogP contribution in [0.4, 0.5) is 30.6 Å². The fourth-order valence-electron chi connectivity index (χ4n) is 2.55. The van der Waals surface area contributed by atoms with Crippen LogP contribution in [0.3, 0.4) is 0 Å². The zero-order valence-electron chi connectivity index (χ0n) is 14.2. The minimum Gasteiger partial charge on any atom is -0.351 e. The molecule has 1 aromatic carbocycles. The Hall–Kier alpha value is -3.16. The molecule has 0 amide bonds. The van der Waals surface area contributed by atoms with E-state index in [4.69, 9.17) is 0 Å². The molecule has 2 heterocycles. The van der Waals surface area contributed by atoms with Gasteiger partial charge in [0.15, 0.2) is 0 Å². The van der Waals surface area contributed by atoms with E-state index in [1.165, 1.54) is 12.1 Å². The second-order valence-corrected chi connectivity index (χ2v) is 6.32. The summed E-state index contributed by atoms with van der Waals surface area (Å²) in [5.74, 6) is 0.987. The highest BCUT2D eigenvalue weighted by Crippen LogP contribution is 2.31. The molecule has 8 heteroatoms. The molecule has 138 valence electrons. The predicted octanol–water partition coefficient (Wildman–Crippen LogP) is 4.88. The summed E-state index contributed by atoms with van der Waals surface area (Å²) in [6.45, 7) is 0. The molecule has 0 unspecified atom stereocenters. The number of rotatable bonds is 5. The lowest BCUT2D eigenvalue weighted by Crippen LogP contribution is -2.08. The first-order valence-corrected chi connectivity index (χ1v) is 8.48. The van der Waals surface area contributed by atoms with E-state index in [1.54, 1.807) is 18.5 Å². The highest BCUT2D eigenvalue weighted by atomic mass is 19.4. The summed E-state index contributed by atoms with van der Waals surface area (Å²) in [5.41, 5.74) is 1.40. The lowest BCUT2D eigenvalue weighted by atomic mass is 10.2. The molecule has 0 bridgehead atoms. The van der Waals surface area contributed by atoms with E-state index in [0.717, 1.165) is 30.5 Å². The van der Waals surface area contributed by atoms with Gasteiger partial charge in [0.1, 0.15) is 5.82 Å². The summed E-state index contributed by atoms with van der Waals surface area (Å²) in [7, 11) is 0. The van der Waals surface area contributed by atoms with Gasteiger partial charge in [-0.15, -0.1) is 0 Å². The molecule has 5 nitrogen and oxygen atoms in total. The van der Waals surface area contributed by atoms with Crippen LogP contribution in [-0.2, 0) is 6.18 Å². The molecule has 0 saturated heterocycles. The van der Waals surface area contributed by atoms with Crippen molar-refractivity contribution in [2.75, 3.05) is 10.6 Å². The first-order chi connectivity index (χ1) is 13.0. The Kier molecular flexibility index (Phi) is 4.39. The maximum Gasteiger partial charge on any atom is 0.416 e. The maximum absolute atomic E-state index is 12.7. The van der Waals surface area contributed by atoms with Crippen LogP contribution in [0.15, 0.2) is 54.9 Å². The molecule has 1 aliphatic carbocycles. The molecule has 0 spiro atoms. The molecule has 1 fully saturated rings. The van der Waals surface area contributed by atoms with Crippen LogP contribution in [0.1, 0.15) is 18.4 Å². The minimum atomic E-state index is -4.36. The van der Waals surface area contributed by atoms with E-state index in [1.807, 2.05) is 12.1 Å². The van der Waals surface area contributed by atoms with E-state index in [-0.39, 0.29) is 0 Å². The zero-order chi connectivity index (χ0) is 18.9. The second kappa shape index (κ2) is 6.86. The quantitative estimate of drug-likeness (QED) is 0.670. The number of pyridine rings is 1. The summed E-state index contributed by atoms with van der Waals surface area (Å²) in [6.07, 6.45) is 1.14. The number of anilines is 3. The van der Waals surface area contributed by atoms with E-state index in [2.05, 4.69) is 25.6 Å². The summed E-state index contributed by atoms with van der Waals surface area (Å²) in [4.78, 5) is 13.0. The van der Waals surface area contributed by atoms with Crippen molar-refractivity contribution >= 4 is 17.5 Å². The monoisotopic (exact) mass is 371 g/mol. The lowest BCUT2D eigenvalue weighted by Gasteiger charge is -2.12. The largest absolute Gasteiger partial charge is 0.416 e. The SMILES string of the molecule is FC(F)(F)c1ccc(Nc2cc(-c3ccncc3)nc(NC3CC3)n2)cc1. The van der Waals surface area contributed by atoms with E-state index >= 15 is 0 Å². The van der Waals surface area contributed by atoms with Crippen LogP contribution >= 0.6 is 0 Å². The third-order valence-corrected chi connectivity index (χ3v) is 4.10. The van der Waals surface area contributed by atoms with Crippen LogP contribution < -0.4 is 10.6 Å². The highest BCUT2D eigenvalue weighted by Gasteiger charge is 2.30. The number of nitrogens with zero attached hydrogens (tertiary/aromatic N) is 3. The van der Waals surface area contributed by atoms with Gasteiger partial charge in [0.2, 0.25) is 5.95 Å². The Labute approximate surface area is 153 Å². The Morgan fingerprint density at radius 1 is 0.926 bits per heavy atom. The lowest BCUT2D eigenvalue weighted by molar-refractivity contribution is -0.137. The number of hydrogen-bond acceptors (Lipinski definition) is 5. The van der Waals surface area contributed by atoms with Gasteiger partial charge in [-0.05, 0) is 49.2 Å². The van der Waals surface area contributed by atoms with Gasteiger partial charge in [-0.1, -0.05) is 0 Å². The molecule has 27 heavy (non-hydrogen) atoms. The smallest absolute Gasteiger partial charge is 0.351 e. The van der Waals surface area contributed by atoms with Crippen molar-refractivity contribution in [1.82, 2.24) is 15.0 Å². The number of halogens is 3. The first kappa shape index (κ1) is 17.3. The van der Waals surface area contributed by atoms with Crippen molar-refractivity contribution in [2.24, 2.45) is 0 Å². The fourth-order valence-corrected chi connectivity index (χ4v) is 2.55. The zero-order valence-corrected chi connectivity index (χ0v) is 14.2. The van der Waals surface area contributed by atoms with E-state index in [0.29, 0.717) is 29.2 Å². The van der Waals surface area contributed by atoms with Gasteiger partial charge in [0.05, 0.1) is 11.3 Å². The van der Waals surface area contributed by atoms with Gasteiger partial charge in [-0.25, -0.2) is 4.98 Å². The van der Waals surface area contributed by atoms with Crippen LogP contribution in [-0.4, -0.2) is 21.0 Å². The topological polar surface area (TPSA) is 62.7 Å². The van der Waals surface area contributed by atoms with Crippen molar-refractivity contribution < 1.29 is 13.2 Å². The van der Waals surface area contributed by atoms with Crippen molar-refractivity contribution in [3.8, 4) is 11.3 Å². The van der Waals surface area contributed by atoms with Crippen molar-refractivity contribution in [3.63, 3.8) is 0 Å². The van der Waals surface area contributed by atoms with Crippen LogP contribution in [0.2, 0.25) is 0 Å². The average Bonchev–Trinajstić information content (AvgIpc) is 3.46. The maximum atomic E-state index is 12.7. The molecule has 2 N–H and O–H groups in total. The molecule has 2 aromatic heterocycles. The van der Waals surface area contributed by atoms with E-state index in [9.17, 15) is 13.2 Å². The van der Waals surface area contributed by atoms with Crippen molar-refractivity contribution in [2.45, 2.75) is 25.1 Å². The summed E-state index contributed by atoms with van der Waals surface area (Å²) < 4.78 is 38.1. The number of alkyl halides is 3. The van der Waals surface area contributed by atoms with Gasteiger partial charge < -0.3 is 10.6 Å². The van der Waals surface area contributed by atoms with Crippen LogP contribution in [0.25, 0.3) is 11.3 Å². The molecule has 0 aliphatic heterocycles. The molecular weight excluding hydrogens is 355 g/mol. The van der Waals surface area contributed by atoms with Gasteiger partial charge >= 0.3 is 6.18 Å². The van der Waals surface area contributed by atoms with Gasteiger partial charge in [-0.2, -0.15) is 18.2 Å². The van der Waals surface area contributed by atoms with E-state index < -0.39 is 11.7 Å². The predicted molar refractivity (Wildman–Crippen MR) is 96.6 cm³/mol. The summed E-state index contributed by atoms with van der Waals surface area (Å²) >= 11 is 0. The molecule has 1 saturated carbocycles. The van der Waals surface area contributed by atoms with Gasteiger partial charge in [-0.3, -0.25) is 4.98 Å². The standard InChI is InChI=1S/C19H16F3N5/c20-19(21,22)13-1-3-14(4-2-13)24-17-11-16(12-7-9-23-10-8-12)26-18(27-17)25-15-5-6-15/h1-4,7-11,15H,5-6H2,(H2,24,25,26,27). The number of hydrogen-bond donors (Lipinski definition) is 2. The molecule has 0 radical (unpaired) electrons. The van der Waals surface area contributed by atoms with Gasteiger partial charge in [0, 0.05) is 35.8 Å². The molecule has 0 atom stereocenters. The molecule has 4 rings (SSSR count). The third-order valence-electron chi connectivity index (χ3n) is 4.10. The van der Waals surface area contributed by atoms with Crippen molar-refractivity contribution in [1.29, 1.82) is 0 Å². The first-order valence-electron chi connectivity index (χ1n) is 8.48. The van der Waals surface area contributed by atoms with Crippen LogP contribution in [0, 0.1) is 0 Å². The Morgan fingerprint density at radius 2 is 1.63 bits per heavy atom. The number of nitrogens with one attached hydrogen (secondary N) is 2. The average molecular weight is 371 g/mol.